The largest absolute Gasteiger partial charge is 0.481 e. The van der Waals surface area contributed by atoms with Crippen LogP contribution in [0.25, 0.3) is 0 Å². The average molecular weight is 184 g/mol. The van der Waals surface area contributed by atoms with Gasteiger partial charge in [0.2, 0.25) is 0 Å². The number of carbonyl (C=O) groups excluding carboxylic acids is 1. The fraction of sp³-hybridized carbons (Fsp3) is 0.600. The zero-order valence-corrected chi connectivity index (χ0v) is 8.17. The summed E-state index contributed by atoms with van der Waals surface area (Å²) in [6.45, 7) is 6.83. The van der Waals surface area contributed by atoms with E-state index in [0.717, 1.165) is 0 Å². The Kier molecular flexibility index (Phi) is 4.38. The molecule has 0 amide bonds. The fourth-order valence-electron chi connectivity index (χ4n) is 1.52. The van der Waals surface area contributed by atoms with E-state index < -0.39 is 11.4 Å². The molecule has 0 aliphatic rings. The standard InChI is InChI=1S/C10H16O3/c1-4-5-10(3,6-8(2)11)7-9(12)13/h4H,1,5-7H2,2-3H3,(H,12,13). The van der Waals surface area contributed by atoms with E-state index in [0.29, 0.717) is 12.8 Å². The highest BCUT2D eigenvalue weighted by Gasteiger charge is 2.27. The maximum absolute atomic E-state index is 10.9. The van der Waals surface area contributed by atoms with Gasteiger partial charge in [0.15, 0.2) is 0 Å². The summed E-state index contributed by atoms with van der Waals surface area (Å²) in [4.78, 5) is 21.4. The number of Topliss-reactive ketones (excluding diaryl/α,β-unsaturated/α-hetero) is 1. The molecule has 3 heteroatoms. The van der Waals surface area contributed by atoms with Crippen molar-refractivity contribution in [3.63, 3.8) is 0 Å². The maximum atomic E-state index is 10.9. The molecule has 0 rings (SSSR count). The van der Waals surface area contributed by atoms with Gasteiger partial charge in [0.05, 0.1) is 6.42 Å². The molecule has 3 nitrogen and oxygen atoms in total. The first kappa shape index (κ1) is 11.9. The number of allylic oxidation sites excluding steroid dienone is 1. The lowest BCUT2D eigenvalue weighted by Crippen LogP contribution is -2.22. The summed E-state index contributed by atoms with van der Waals surface area (Å²) in [6, 6.07) is 0. The minimum atomic E-state index is -0.870. The van der Waals surface area contributed by atoms with E-state index in [1.54, 1.807) is 13.0 Å². The third kappa shape index (κ3) is 5.17. The van der Waals surface area contributed by atoms with Crippen molar-refractivity contribution in [2.45, 2.75) is 33.1 Å². The molecule has 0 bridgehead atoms. The molecule has 74 valence electrons. The highest BCUT2D eigenvalue weighted by atomic mass is 16.4. The van der Waals surface area contributed by atoms with E-state index in [2.05, 4.69) is 6.58 Å². The van der Waals surface area contributed by atoms with Crippen molar-refractivity contribution >= 4 is 11.8 Å². The normalized spacial score (nSPS) is 14.6. The molecule has 0 aromatic carbocycles. The van der Waals surface area contributed by atoms with Crippen LogP contribution in [0.5, 0.6) is 0 Å². The van der Waals surface area contributed by atoms with E-state index in [1.165, 1.54) is 6.92 Å². The number of carboxylic acid groups (broad SMARTS) is 1. The molecule has 0 aromatic rings. The van der Waals surface area contributed by atoms with Crippen molar-refractivity contribution in [1.29, 1.82) is 0 Å². The monoisotopic (exact) mass is 184 g/mol. The smallest absolute Gasteiger partial charge is 0.303 e. The van der Waals surface area contributed by atoms with Crippen LogP contribution in [0.4, 0.5) is 0 Å². The second kappa shape index (κ2) is 4.80. The molecular weight excluding hydrogens is 168 g/mol. The first-order valence-electron chi connectivity index (χ1n) is 4.22. The molecule has 0 fully saturated rings. The third-order valence-corrected chi connectivity index (χ3v) is 1.89. The number of hydrogen-bond acceptors (Lipinski definition) is 2. The Bertz CT molecular complexity index is 202. The zero-order chi connectivity index (χ0) is 10.5. The van der Waals surface area contributed by atoms with Crippen LogP contribution in [0, 0.1) is 5.41 Å². The lowest BCUT2D eigenvalue weighted by molar-refractivity contribution is -0.139. The van der Waals surface area contributed by atoms with E-state index in [4.69, 9.17) is 5.11 Å². The molecule has 1 unspecified atom stereocenters. The van der Waals surface area contributed by atoms with Gasteiger partial charge in [0.25, 0.3) is 0 Å². The molecular formula is C10H16O3. The topological polar surface area (TPSA) is 54.4 Å². The van der Waals surface area contributed by atoms with Crippen molar-refractivity contribution < 1.29 is 14.7 Å². The number of carboxylic acids is 1. The van der Waals surface area contributed by atoms with Crippen molar-refractivity contribution in [3.05, 3.63) is 12.7 Å². The Morgan fingerprint density at radius 2 is 2.00 bits per heavy atom. The highest BCUT2D eigenvalue weighted by Crippen LogP contribution is 2.30. The predicted octanol–water partition coefficient (Wildman–Crippen LogP) is 2.02. The van der Waals surface area contributed by atoms with Crippen LogP contribution < -0.4 is 0 Å². The van der Waals surface area contributed by atoms with Crippen molar-refractivity contribution in [3.8, 4) is 0 Å². The summed E-state index contributed by atoms with van der Waals surface area (Å²) in [7, 11) is 0. The molecule has 1 atom stereocenters. The average Bonchev–Trinajstić information content (AvgIpc) is 1.81. The van der Waals surface area contributed by atoms with Gasteiger partial charge in [0, 0.05) is 6.42 Å². The van der Waals surface area contributed by atoms with E-state index in [1.807, 2.05) is 0 Å². The van der Waals surface area contributed by atoms with Gasteiger partial charge < -0.3 is 9.90 Å². The quantitative estimate of drug-likeness (QED) is 0.642. The molecule has 0 aromatic heterocycles. The van der Waals surface area contributed by atoms with E-state index in [9.17, 15) is 9.59 Å². The SMILES string of the molecule is C=CCC(C)(CC(C)=O)CC(=O)O. The fourth-order valence-corrected chi connectivity index (χ4v) is 1.52. The van der Waals surface area contributed by atoms with E-state index in [-0.39, 0.29) is 12.2 Å². The summed E-state index contributed by atoms with van der Waals surface area (Å²) >= 11 is 0. The first-order valence-corrected chi connectivity index (χ1v) is 4.22. The third-order valence-electron chi connectivity index (χ3n) is 1.89. The van der Waals surface area contributed by atoms with Crippen LogP contribution in [-0.2, 0) is 9.59 Å². The van der Waals surface area contributed by atoms with Crippen LogP contribution in [0.2, 0.25) is 0 Å². The Morgan fingerprint density at radius 1 is 1.46 bits per heavy atom. The number of rotatable bonds is 6. The lowest BCUT2D eigenvalue weighted by Gasteiger charge is -2.24. The molecule has 13 heavy (non-hydrogen) atoms. The summed E-state index contributed by atoms with van der Waals surface area (Å²) in [5.74, 6) is -0.851. The Labute approximate surface area is 78.5 Å². The Morgan fingerprint density at radius 3 is 2.31 bits per heavy atom. The molecule has 0 aliphatic heterocycles. The minimum absolute atomic E-state index is 0.0125. The molecule has 0 saturated carbocycles. The second-order valence-corrected chi connectivity index (χ2v) is 3.75. The van der Waals surface area contributed by atoms with Crippen LogP contribution in [0.15, 0.2) is 12.7 Å². The van der Waals surface area contributed by atoms with E-state index >= 15 is 0 Å². The van der Waals surface area contributed by atoms with Crippen molar-refractivity contribution in [2.75, 3.05) is 0 Å². The van der Waals surface area contributed by atoms with Crippen molar-refractivity contribution in [2.24, 2.45) is 5.41 Å². The molecule has 0 radical (unpaired) electrons. The first-order chi connectivity index (χ1) is 5.89. The molecule has 1 N–H and O–H groups in total. The van der Waals surface area contributed by atoms with Gasteiger partial charge in [-0.05, 0) is 18.8 Å². The van der Waals surface area contributed by atoms with Crippen molar-refractivity contribution in [1.82, 2.24) is 0 Å². The van der Waals surface area contributed by atoms with Gasteiger partial charge in [0.1, 0.15) is 5.78 Å². The number of aliphatic carboxylic acids is 1. The van der Waals surface area contributed by atoms with Crippen LogP contribution in [0.1, 0.15) is 33.1 Å². The van der Waals surface area contributed by atoms with Gasteiger partial charge in [-0.15, -0.1) is 6.58 Å². The van der Waals surface area contributed by atoms with Gasteiger partial charge in [-0.2, -0.15) is 0 Å². The van der Waals surface area contributed by atoms with Crippen LogP contribution >= 0.6 is 0 Å². The Balaban J connectivity index is 4.40. The molecule has 0 saturated heterocycles. The van der Waals surface area contributed by atoms with Gasteiger partial charge in [-0.1, -0.05) is 13.0 Å². The van der Waals surface area contributed by atoms with Gasteiger partial charge in [-0.3, -0.25) is 4.79 Å². The zero-order valence-electron chi connectivity index (χ0n) is 8.17. The van der Waals surface area contributed by atoms with Crippen LogP contribution in [0.3, 0.4) is 0 Å². The molecule has 0 heterocycles. The molecule has 0 spiro atoms. The lowest BCUT2D eigenvalue weighted by atomic mass is 9.79. The highest BCUT2D eigenvalue weighted by molar-refractivity contribution is 5.77. The summed E-state index contributed by atoms with van der Waals surface area (Å²) < 4.78 is 0. The Hall–Kier alpha value is -1.12. The van der Waals surface area contributed by atoms with Crippen LogP contribution in [-0.4, -0.2) is 16.9 Å². The number of hydrogen-bond donors (Lipinski definition) is 1. The minimum Gasteiger partial charge on any atom is -0.481 e. The summed E-state index contributed by atoms with van der Waals surface area (Å²) in [5, 5.41) is 8.64. The second-order valence-electron chi connectivity index (χ2n) is 3.75. The summed E-state index contributed by atoms with van der Waals surface area (Å²) in [5.41, 5.74) is -0.473. The predicted molar refractivity (Wildman–Crippen MR) is 50.5 cm³/mol. The van der Waals surface area contributed by atoms with Gasteiger partial charge >= 0.3 is 5.97 Å². The number of carbonyl (C=O) groups is 2. The number of ketones is 1. The summed E-state index contributed by atoms with van der Waals surface area (Å²) in [6.07, 6.45) is 2.52. The maximum Gasteiger partial charge on any atom is 0.303 e. The van der Waals surface area contributed by atoms with Gasteiger partial charge in [-0.25, -0.2) is 0 Å². The molecule has 0 aliphatic carbocycles.